The molecule has 1 fully saturated rings. The Kier molecular flexibility index (Phi) is 3.34. The minimum atomic E-state index is -0.237. The van der Waals surface area contributed by atoms with Gasteiger partial charge in [0.2, 0.25) is 5.24 Å². The first-order valence-electron chi connectivity index (χ1n) is 4.12. The van der Waals surface area contributed by atoms with E-state index in [0.29, 0.717) is 12.6 Å². The van der Waals surface area contributed by atoms with Crippen LogP contribution >= 0.6 is 11.6 Å². The van der Waals surface area contributed by atoms with E-state index >= 15 is 0 Å². The van der Waals surface area contributed by atoms with Crippen LogP contribution in [-0.4, -0.2) is 29.3 Å². The molecule has 0 bridgehead atoms. The summed E-state index contributed by atoms with van der Waals surface area (Å²) < 4.78 is 0. The van der Waals surface area contributed by atoms with E-state index in [2.05, 4.69) is 11.8 Å². The van der Waals surface area contributed by atoms with Crippen LogP contribution in [0.5, 0.6) is 0 Å². The Morgan fingerprint density at radius 1 is 1.64 bits per heavy atom. The highest BCUT2D eigenvalue weighted by Gasteiger charge is 2.19. The summed E-state index contributed by atoms with van der Waals surface area (Å²) in [6.45, 7) is 3.60. The lowest BCUT2D eigenvalue weighted by molar-refractivity contribution is -0.113. The lowest BCUT2D eigenvalue weighted by Gasteiger charge is -2.31. The minimum absolute atomic E-state index is 0.237. The molecule has 0 amide bonds. The summed E-state index contributed by atoms with van der Waals surface area (Å²) in [6, 6.07) is 0.534. The molecule has 0 aromatic carbocycles. The lowest BCUT2D eigenvalue weighted by Crippen LogP contribution is -2.39. The maximum absolute atomic E-state index is 10.6. The van der Waals surface area contributed by atoms with Gasteiger partial charge in [-0.2, -0.15) is 0 Å². The average Bonchev–Trinajstić information content (AvgIpc) is 1.93. The fraction of sp³-hybridized carbons (Fsp3) is 0.875. The Morgan fingerprint density at radius 2 is 2.36 bits per heavy atom. The topological polar surface area (TPSA) is 20.3 Å². The Hall–Kier alpha value is -0.0800. The summed E-state index contributed by atoms with van der Waals surface area (Å²) >= 11 is 5.30. The van der Waals surface area contributed by atoms with Gasteiger partial charge in [0, 0.05) is 6.04 Å². The second-order valence-electron chi connectivity index (χ2n) is 3.17. The van der Waals surface area contributed by atoms with Crippen molar-refractivity contribution in [2.24, 2.45) is 0 Å². The van der Waals surface area contributed by atoms with Gasteiger partial charge in [-0.3, -0.25) is 9.69 Å². The Morgan fingerprint density at radius 3 is 2.91 bits per heavy atom. The van der Waals surface area contributed by atoms with E-state index in [0.717, 1.165) is 6.54 Å². The Bertz CT molecular complexity index is 149. The highest BCUT2D eigenvalue weighted by atomic mass is 35.5. The van der Waals surface area contributed by atoms with Crippen LogP contribution in [0, 0.1) is 0 Å². The van der Waals surface area contributed by atoms with Crippen molar-refractivity contribution in [3.8, 4) is 0 Å². The molecule has 1 rings (SSSR count). The van der Waals surface area contributed by atoms with Gasteiger partial charge < -0.3 is 0 Å². The first-order chi connectivity index (χ1) is 5.20. The standard InChI is InChI=1S/C8H14ClNO/c1-7-4-2-3-5-10(7)6-8(9)11/h7H,2-6H2,1H3. The van der Waals surface area contributed by atoms with Crippen LogP contribution in [0.1, 0.15) is 26.2 Å². The summed E-state index contributed by atoms with van der Waals surface area (Å²) in [5.41, 5.74) is 0. The summed E-state index contributed by atoms with van der Waals surface area (Å²) in [4.78, 5) is 12.7. The molecule has 1 heterocycles. The Balaban J connectivity index is 2.35. The fourth-order valence-electron chi connectivity index (χ4n) is 1.55. The van der Waals surface area contributed by atoms with Crippen LogP contribution in [0.25, 0.3) is 0 Å². The number of hydrogen-bond donors (Lipinski definition) is 0. The molecule has 0 aromatic rings. The predicted molar refractivity (Wildman–Crippen MR) is 45.7 cm³/mol. The fourth-order valence-corrected chi connectivity index (χ4v) is 1.71. The average molecular weight is 176 g/mol. The van der Waals surface area contributed by atoms with E-state index in [4.69, 9.17) is 11.6 Å². The maximum atomic E-state index is 10.6. The van der Waals surface area contributed by atoms with Gasteiger partial charge in [0.25, 0.3) is 0 Å². The molecule has 0 radical (unpaired) electrons. The highest BCUT2D eigenvalue weighted by Crippen LogP contribution is 2.15. The predicted octanol–water partition coefficient (Wildman–Crippen LogP) is 1.63. The molecule has 1 aliphatic heterocycles. The van der Waals surface area contributed by atoms with Gasteiger partial charge in [-0.15, -0.1) is 0 Å². The van der Waals surface area contributed by atoms with E-state index in [1.54, 1.807) is 0 Å². The van der Waals surface area contributed by atoms with Gasteiger partial charge >= 0.3 is 0 Å². The van der Waals surface area contributed by atoms with Crippen LogP contribution in [0.3, 0.4) is 0 Å². The Labute approximate surface area is 72.5 Å². The molecular formula is C8H14ClNO. The summed E-state index contributed by atoms with van der Waals surface area (Å²) in [5, 5.41) is -0.237. The van der Waals surface area contributed by atoms with Crippen molar-refractivity contribution in [2.45, 2.75) is 32.2 Å². The van der Waals surface area contributed by atoms with E-state index in [-0.39, 0.29) is 5.24 Å². The van der Waals surface area contributed by atoms with Crippen molar-refractivity contribution < 1.29 is 4.79 Å². The molecule has 11 heavy (non-hydrogen) atoms. The van der Waals surface area contributed by atoms with Crippen molar-refractivity contribution in [3.05, 3.63) is 0 Å². The van der Waals surface area contributed by atoms with Crippen LogP contribution < -0.4 is 0 Å². The molecular weight excluding hydrogens is 162 g/mol. The van der Waals surface area contributed by atoms with E-state index in [1.165, 1.54) is 19.3 Å². The second kappa shape index (κ2) is 4.07. The molecule has 3 heteroatoms. The third-order valence-electron chi connectivity index (χ3n) is 2.27. The number of carbonyl (C=O) groups excluding carboxylic acids is 1. The zero-order valence-electron chi connectivity index (χ0n) is 6.85. The van der Waals surface area contributed by atoms with Crippen molar-refractivity contribution >= 4 is 16.8 Å². The highest BCUT2D eigenvalue weighted by molar-refractivity contribution is 6.64. The van der Waals surface area contributed by atoms with Crippen molar-refractivity contribution in [2.75, 3.05) is 13.1 Å². The van der Waals surface area contributed by atoms with Crippen LogP contribution in [0.2, 0.25) is 0 Å². The van der Waals surface area contributed by atoms with E-state index in [1.807, 2.05) is 0 Å². The third-order valence-corrected chi connectivity index (χ3v) is 2.39. The second-order valence-corrected chi connectivity index (χ2v) is 3.59. The first-order valence-corrected chi connectivity index (χ1v) is 4.50. The molecule has 1 aliphatic rings. The van der Waals surface area contributed by atoms with Crippen LogP contribution in [-0.2, 0) is 4.79 Å². The van der Waals surface area contributed by atoms with Gasteiger partial charge in [-0.25, -0.2) is 0 Å². The first kappa shape index (κ1) is 9.01. The monoisotopic (exact) mass is 175 g/mol. The molecule has 1 unspecified atom stereocenters. The summed E-state index contributed by atoms with van der Waals surface area (Å²) in [6.07, 6.45) is 3.69. The number of carbonyl (C=O) groups is 1. The zero-order chi connectivity index (χ0) is 8.27. The van der Waals surface area contributed by atoms with E-state index in [9.17, 15) is 4.79 Å². The minimum Gasteiger partial charge on any atom is -0.292 e. The lowest BCUT2D eigenvalue weighted by atomic mass is 10.0. The molecule has 0 saturated carbocycles. The van der Waals surface area contributed by atoms with Gasteiger partial charge in [0.05, 0.1) is 6.54 Å². The maximum Gasteiger partial charge on any atom is 0.235 e. The number of piperidine rings is 1. The van der Waals surface area contributed by atoms with Crippen molar-refractivity contribution in [1.29, 1.82) is 0 Å². The zero-order valence-corrected chi connectivity index (χ0v) is 7.60. The third kappa shape index (κ3) is 2.80. The molecule has 0 spiro atoms. The molecule has 0 aliphatic carbocycles. The van der Waals surface area contributed by atoms with Gasteiger partial charge in [-0.05, 0) is 37.9 Å². The van der Waals surface area contributed by atoms with Crippen molar-refractivity contribution in [1.82, 2.24) is 4.90 Å². The van der Waals surface area contributed by atoms with Crippen LogP contribution in [0.4, 0.5) is 0 Å². The van der Waals surface area contributed by atoms with Crippen LogP contribution in [0.15, 0.2) is 0 Å². The van der Waals surface area contributed by atoms with Gasteiger partial charge in [0.1, 0.15) is 0 Å². The largest absolute Gasteiger partial charge is 0.292 e. The van der Waals surface area contributed by atoms with E-state index < -0.39 is 0 Å². The summed E-state index contributed by atoms with van der Waals surface area (Å²) in [5.74, 6) is 0. The number of hydrogen-bond acceptors (Lipinski definition) is 2. The van der Waals surface area contributed by atoms with Gasteiger partial charge in [-0.1, -0.05) is 6.42 Å². The number of halogens is 1. The quantitative estimate of drug-likeness (QED) is 0.595. The van der Waals surface area contributed by atoms with Crippen molar-refractivity contribution in [3.63, 3.8) is 0 Å². The molecule has 64 valence electrons. The molecule has 0 aromatic heterocycles. The summed E-state index contributed by atoms with van der Waals surface area (Å²) in [7, 11) is 0. The van der Waals surface area contributed by atoms with Gasteiger partial charge in [0.15, 0.2) is 0 Å². The molecule has 0 N–H and O–H groups in total. The number of rotatable bonds is 2. The smallest absolute Gasteiger partial charge is 0.235 e. The molecule has 1 saturated heterocycles. The number of likely N-dealkylation sites (tertiary alicyclic amines) is 1. The number of nitrogens with zero attached hydrogens (tertiary/aromatic N) is 1. The molecule has 1 atom stereocenters. The molecule has 2 nitrogen and oxygen atoms in total. The SMILES string of the molecule is CC1CCCCN1CC(=O)Cl. The normalized spacial score (nSPS) is 26.9.